The van der Waals surface area contributed by atoms with Gasteiger partial charge in [-0.25, -0.2) is 4.98 Å². The summed E-state index contributed by atoms with van der Waals surface area (Å²) in [5.74, 6) is -1.25. The van der Waals surface area contributed by atoms with Crippen LogP contribution in [0.15, 0.2) is 78.5 Å². The zero-order chi connectivity index (χ0) is 20.5. The molecule has 1 aliphatic heterocycles. The number of aryl methyl sites for hydroxylation is 2. The Balaban J connectivity index is 1.94. The van der Waals surface area contributed by atoms with Gasteiger partial charge < -0.3 is 5.11 Å². The second-order valence-corrected chi connectivity index (χ2v) is 7.13. The van der Waals surface area contributed by atoms with E-state index in [1.165, 1.54) is 4.90 Å². The maximum atomic E-state index is 13.0. The van der Waals surface area contributed by atoms with Gasteiger partial charge in [-0.1, -0.05) is 65.7 Å². The van der Waals surface area contributed by atoms with Gasteiger partial charge in [-0.2, -0.15) is 0 Å². The number of aliphatic hydroxyl groups excluding tert-OH is 1. The van der Waals surface area contributed by atoms with Crippen molar-refractivity contribution in [3.05, 3.63) is 101 Å². The van der Waals surface area contributed by atoms with Crippen LogP contribution in [0.5, 0.6) is 0 Å². The lowest BCUT2D eigenvalue weighted by molar-refractivity contribution is -0.132. The molecule has 0 bridgehead atoms. The van der Waals surface area contributed by atoms with Crippen LogP contribution in [0.1, 0.15) is 28.3 Å². The molecular weight excluding hydrogens is 364 g/mol. The third kappa shape index (κ3) is 3.31. The number of anilines is 1. The van der Waals surface area contributed by atoms with Crippen LogP contribution in [-0.2, 0) is 9.59 Å². The Bertz CT molecular complexity index is 1100. The quantitative estimate of drug-likeness (QED) is 0.415. The average Bonchev–Trinajstić information content (AvgIpc) is 3.00. The lowest BCUT2D eigenvalue weighted by atomic mass is 9.94. The van der Waals surface area contributed by atoms with Gasteiger partial charge in [0.2, 0.25) is 0 Å². The fourth-order valence-corrected chi connectivity index (χ4v) is 3.50. The minimum Gasteiger partial charge on any atom is -0.507 e. The number of benzene rings is 2. The third-order valence-electron chi connectivity index (χ3n) is 5.06. The van der Waals surface area contributed by atoms with Crippen LogP contribution in [0.4, 0.5) is 5.82 Å². The number of aromatic nitrogens is 1. The molecule has 1 saturated heterocycles. The van der Waals surface area contributed by atoms with Gasteiger partial charge >= 0.3 is 5.91 Å². The number of aliphatic hydroxyl groups is 1. The molecule has 0 radical (unpaired) electrons. The summed E-state index contributed by atoms with van der Waals surface area (Å²) < 4.78 is 0. The number of Topliss-reactive ketones (excluding diaryl/α,β-unsaturated/α-hetero) is 1. The molecule has 1 atom stereocenters. The predicted molar refractivity (Wildman–Crippen MR) is 111 cm³/mol. The summed E-state index contributed by atoms with van der Waals surface area (Å²) in [5.41, 5.74) is 3.38. The Hall–Kier alpha value is -3.73. The lowest BCUT2D eigenvalue weighted by Gasteiger charge is -2.24. The lowest BCUT2D eigenvalue weighted by Crippen LogP contribution is -2.30. The molecule has 0 aliphatic carbocycles. The summed E-state index contributed by atoms with van der Waals surface area (Å²) in [4.78, 5) is 31.6. The molecule has 1 fully saturated rings. The van der Waals surface area contributed by atoms with Crippen LogP contribution in [0.2, 0.25) is 0 Å². The summed E-state index contributed by atoms with van der Waals surface area (Å²) in [6.45, 7) is 3.90. The first-order valence-electron chi connectivity index (χ1n) is 9.33. The summed E-state index contributed by atoms with van der Waals surface area (Å²) in [6, 6.07) is 19.2. The molecule has 2 aromatic carbocycles. The zero-order valence-electron chi connectivity index (χ0n) is 16.2. The first-order chi connectivity index (χ1) is 14.0. The second kappa shape index (κ2) is 7.36. The van der Waals surface area contributed by atoms with Crippen LogP contribution >= 0.6 is 0 Å². The number of amides is 1. The largest absolute Gasteiger partial charge is 0.507 e. The van der Waals surface area contributed by atoms with Crippen LogP contribution in [0.25, 0.3) is 5.76 Å². The normalized spacial score (nSPS) is 18.3. The number of carbonyl (C=O) groups excluding carboxylic acids is 2. The molecule has 1 unspecified atom stereocenters. The van der Waals surface area contributed by atoms with E-state index in [-0.39, 0.29) is 11.3 Å². The molecule has 3 aromatic rings. The van der Waals surface area contributed by atoms with E-state index in [0.717, 1.165) is 16.7 Å². The summed E-state index contributed by atoms with van der Waals surface area (Å²) in [6.07, 6.45) is 1.57. The standard InChI is InChI=1S/C24H20N2O3/c1-15-6-10-17(11-7-15)21-20(22(27)18-12-8-16(2)9-13-18)23(28)24(29)26(21)19-5-3-4-14-25-19/h3-14,21,27H,1-2H3/b22-20-. The highest BCUT2D eigenvalue weighted by Crippen LogP contribution is 2.41. The number of ketones is 1. The SMILES string of the molecule is Cc1ccc(/C(O)=C2/C(=O)C(=O)N(c3ccccn3)C2c2ccc(C)cc2)cc1. The molecule has 2 heterocycles. The summed E-state index contributed by atoms with van der Waals surface area (Å²) in [5, 5.41) is 11.0. The third-order valence-corrected chi connectivity index (χ3v) is 5.06. The van der Waals surface area contributed by atoms with Gasteiger partial charge in [0.1, 0.15) is 11.6 Å². The van der Waals surface area contributed by atoms with Crippen molar-refractivity contribution in [2.45, 2.75) is 19.9 Å². The highest BCUT2D eigenvalue weighted by molar-refractivity contribution is 6.51. The highest BCUT2D eigenvalue weighted by Gasteiger charge is 2.47. The molecule has 5 nitrogen and oxygen atoms in total. The number of hydrogen-bond acceptors (Lipinski definition) is 4. The molecule has 5 heteroatoms. The van der Waals surface area contributed by atoms with Crippen molar-refractivity contribution in [2.24, 2.45) is 0 Å². The topological polar surface area (TPSA) is 70.5 Å². The molecule has 1 N–H and O–H groups in total. The molecule has 144 valence electrons. The van der Waals surface area contributed by atoms with E-state index >= 15 is 0 Å². The van der Waals surface area contributed by atoms with Gasteiger partial charge in [-0.05, 0) is 31.5 Å². The van der Waals surface area contributed by atoms with Crippen molar-refractivity contribution in [3.63, 3.8) is 0 Å². The van der Waals surface area contributed by atoms with E-state index in [0.29, 0.717) is 11.4 Å². The van der Waals surface area contributed by atoms with E-state index < -0.39 is 17.7 Å². The predicted octanol–water partition coefficient (Wildman–Crippen LogP) is 4.32. The maximum absolute atomic E-state index is 13.0. The van der Waals surface area contributed by atoms with Crippen molar-refractivity contribution >= 4 is 23.3 Å². The zero-order valence-corrected chi connectivity index (χ0v) is 16.2. The van der Waals surface area contributed by atoms with E-state index in [2.05, 4.69) is 4.98 Å². The number of pyridine rings is 1. The molecule has 4 rings (SSSR count). The van der Waals surface area contributed by atoms with Crippen LogP contribution < -0.4 is 4.90 Å². The highest BCUT2D eigenvalue weighted by atomic mass is 16.3. The Morgan fingerprint density at radius 1 is 0.897 bits per heavy atom. The minimum absolute atomic E-state index is 0.0633. The number of rotatable bonds is 3. The van der Waals surface area contributed by atoms with E-state index in [4.69, 9.17) is 0 Å². The smallest absolute Gasteiger partial charge is 0.301 e. The van der Waals surface area contributed by atoms with Crippen molar-refractivity contribution in [3.8, 4) is 0 Å². The molecule has 0 saturated carbocycles. The van der Waals surface area contributed by atoms with Crippen LogP contribution in [-0.4, -0.2) is 21.8 Å². The van der Waals surface area contributed by atoms with Gasteiger partial charge in [-0.3, -0.25) is 14.5 Å². The minimum atomic E-state index is -0.758. The average molecular weight is 384 g/mol. The molecule has 1 amide bonds. The Kier molecular flexibility index (Phi) is 4.72. The monoisotopic (exact) mass is 384 g/mol. The molecule has 1 aromatic heterocycles. The van der Waals surface area contributed by atoms with Crippen LogP contribution in [0, 0.1) is 13.8 Å². The molecular formula is C24H20N2O3. The second-order valence-electron chi connectivity index (χ2n) is 7.13. The molecule has 29 heavy (non-hydrogen) atoms. The molecule has 0 spiro atoms. The van der Waals surface area contributed by atoms with E-state index in [9.17, 15) is 14.7 Å². The van der Waals surface area contributed by atoms with Gasteiger partial charge in [0.15, 0.2) is 0 Å². The van der Waals surface area contributed by atoms with Gasteiger partial charge in [0.05, 0.1) is 11.6 Å². The maximum Gasteiger partial charge on any atom is 0.301 e. The van der Waals surface area contributed by atoms with Gasteiger partial charge in [0.25, 0.3) is 5.78 Å². The number of nitrogens with zero attached hydrogens (tertiary/aromatic N) is 2. The van der Waals surface area contributed by atoms with Crippen molar-refractivity contribution in [1.82, 2.24) is 4.98 Å². The first kappa shape index (κ1) is 18.6. The number of hydrogen-bond donors (Lipinski definition) is 1. The fraction of sp³-hybridized carbons (Fsp3) is 0.125. The Morgan fingerprint density at radius 2 is 1.52 bits per heavy atom. The molecule has 1 aliphatic rings. The van der Waals surface area contributed by atoms with Gasteiger partial charge in [-0.15, -0.1) is 0 Å². The number of carbonyl (C=O) groups is 2. The van der Waals surface area contributed by atoms with Crippen molar-refractivity contribution in [2.75, 3.05) is 4.90 Å². The van der Waals surface area contributed by atoms with Crippen molar-refractivity contribution < 1.29 is 14.7 Å². The summed E-state index contributed by atoms with van der Waals surface area (Å²) >= 11 is 0. The first-order valence-corrected chi connectivity index (χ1v) is 9.33. The van der Waals surface area contributed by atoms with E-state index in [1.54, 1.807) is 36.5 Å². The van der Waals surface area contributed by atoms with Gasteiger partial charge in [0, 0.05) is 11.8 Å². The Labute approximate surface area is 169 Å². The van der Waals surface area contributed by atoms with E-state index in [1.807, 2.05) is 50.2 Å². The fourth-order valence-electron chi connectivity index (χ4n) is 3.50. The Morgan fingerprint density at radius 3 is 2.10 bits per heavy atom. The summed E-state index contributed by atoms with van der Waals surface area (Å²) in [7, 11) is 0. The van der Waals surface area contributed by atoms with Crippen molar-refractivity contribution in [1.29, 1.82) is 0 Å². The van der Waals surface area contributed by atoms with Crippen LogP contribution in [0.3, 0.4) is 0 Å².